The topological polar surface area (TPSA) is 79.3 Å². The molecule has 1 aromatic rings. The third-order valence-corrected chi connectivity index (χ3v) is 4.81. The highest BCUT2D eigenvalue weighted by Gasteiger charge is 2.47. The number of rotatable bonds is 6. The Morgan fingerprint density at radius 3 is 2.43 bits per heavy atom. The second-order valence-electron chi connectivity index (χ2n) is 8.55. The predicted octanol–water partition coefficient (Wildman–Crippen LogP) is 3.68. The SMILES string of the molecule is CC[C@H]1CN(C(=O)OC(C)(C)C)[C@](C)(CC(=O)O)CN1OCc1ccccc1. The molecule has 0 saturated carbocycles. The molecule has 1 N–H and O–H groups in total. The van der Waals surface area contributed by atoms with E-state index in [9.17, 15) is 14.7 Å². The van der Waals surface area contributed by atoms with Crippen molar-refractivity contribution < 1.29 is 24.3 Å². The lowest BCUT2D eigenvalue weighted by Crippen LogP contribution is -2.66. The minimum atomic E-state index is -0.964. The third-order valence-electron chi connectivity index (χ3n) is 4.81. The van der Waals surface area contributed by atoms with Gasteiger partial charge in [-0.2, -0.15) is 5.06 Å². The van der Waals surface area contributed by atoms with E-state index in [0.29, 0.717) is 19.7 Å². The first-order chi connectivity index (χ1) is 13.0. The first kappa shape index (κ1) is 22.2. The zero-order valence-electron chi connectivity index (χ0n) is 17.5. The molecule has 7 nitrogen and oxygen atoms in total. The number of carboxylic acids is 1. The number of hydroxylamine groups is 2. The summed E-state index contributed by atoms with van der Waals surface area (Å²) in [6.07, 6.45) is 0.0860. The molecule has 1 heterocycles. The van der Waals surface area contributed by atoms with E-state index < -0.39 is 23.2 Å². The van der Waals surface area contributed by atoms with Crippen LogP contribution in [0.3, 0.4) is 0 Å². The second kappa shape index (κ2) is 8.92. The molecule has 2 rings (SSSR count). The molecule has 28 heavy (non-hydrogen) atoms. The van der Waals surface area contributed by atoms with Gasteiger partial charge in [-0.3, -0.25) is 14.5 Å². The average molecular weight is 392 g/mol. The average Bonchev–Trinajstić information content (AvgIpc) is 2.58. The Hall–Kier alpha value is -2.12. The monoisotopic (exact) mass is 392 g/mol. The van der Waals surface area contributed by atoms with Crippen molar-refractivity contribution in [3.05, 3.63) is 35.9 Å². The summed E-state index contributed by atoms with van der Waals surface area (Å²) in [5.74, 6) is -0.964. The van der Waals surface area contributed by atoms with Crippen LogP contribution in [0.25, 0.3) is 0 Å². The van der Waals surface area contributed by atoms with Gasteiger partial charge < -0.3 is 9.84 Å². The minimum absolute atomic E-state index is 0.0434. The molecule has 1 aliphatic rings. The number of hydrogen-bond acceptors (Lipinski definition) is 5. The first-order valence-electron chi connectivity index (χ1n) is 9.70. The van der Waals surface area contributed by atoms with Crippen molar-refractivity contribution in [2.45, 2.75) is 71.2 Å². The molecular formula is C21H32N2O5. The van der Waals surface area contributed by atoms with Gasteiger partial charge in [0.1, 0.15) is 5.60 Å². The van der Waals surface area contributed by atoms with Crippen molar-refractivity contribution in [2.24, 2.45) is 0 Å². The van der Waals surface area contributed by atoms with E-state index in [1.807, 2.05) is 42.3 Å². The molecule has 0 aliphatic carbocycles. The van der Waals surface area contributed by atoms with Crippen molar-refractivity contribution in [1.82, 2.24) is 9.96 Å². The Kier molecular flexibility index (Phi) is 7.06. The summed E-state index contributed by atoms with van der Waals surface area (Å²) in [6.45, 7) is 10.2. The normalized spacial score (nSPS) is 23.5. The van der Waals surface area contributed by atoms with Crippen LogP contribution in [0.4, 0.5) is 4.79 Å². The maximum atomic E-state index is 12.8. The van der Waals surface area contributed by atoms with Gasteiger partial charge in [0.2, 0.25) is 0 Å². The van der Waals surface area contributed by atoms with Crippen LogP contribution in [0, 0.1) is 0 Å². The van der Waals surface area contributed by atoms with Crippen LogP contribution in [0.1, 0.15) is 53.0 Å². The smallest absolute Gasteiger partial charge is 0.410 e. The lowest BCUT2D eigenvalue weighted by atomic mass is 9.91. The van der Waals surface area contributed by atoms with Gasteiger partial charge in [0, 0.05) is 13.1 Å². The molecule has 0 spiro atoms. The van der Waals surface area contributed by atoms with E-state index in [1.54, 1.807) is 32.6 Å². The number of hydrogen-bond donors (Lipinski definition) is 1. The Morgan fingerprint density at radius 1 is 1.25 bits per heavy atom. The Balaban J connectivity index is 2.20. The first-order valence-corrected chi connectivity index (χ1v) is 9.70. The number of nitrogens with zero attached hydrogens (tertiary/aromatic N) is 2. The Labute approximate surface area is 167 Å². The molecule has 1 amide bonds. The van der Waals surface area contributed by atoms with Crippen molar-refractivity contribution in [3.8, 4) is 0 Å². The van der Waals surface area contributed by atoms with Gasteiger partial charge in [-0.25, -0.2) is 4.79 Å². The van der Waals surface area contributed by atoms with Crippen LogP contribution in [0.2, 0.25) is 0 Å². The Morgan fingerprint density at radius 2 is 1.89 bits per heavy atom. The van der Waals surface area contributed by atoms with Crippen LogP contribution in [0.5, 0.6) is 0 Å². The number of aliphatic carboxylic acids is 1. The number of benzene rings is 1. The number of carbonyl (C=O) groups excluding carboxylic acids is 1. The van der Waals surface area contributed by atoms with Gasteiger partial charge in [0.05, 0.1) is 24.6 Å². The zero-order valence-corrected chi connectivity index (χ0v) is 17.5. The quantitative estimate of drug-likeness (QED) is 0.795. The third kappa shape index (κ3) is 5.94. The van der Waals surface area contributed by atoms with Crippen LogP contribution in [-0.2, 0) is 21.0 Å². The molecule has 1 fully saturated rings. The number of amides is 1. The summed E-state index contributed by atoms with van der Waals surface area (Å²) >= 11 is 0. The largest absolute Gasteiger partial charge is 0.481 e. The van der Waals surface area contributed by atoms with Crippen molar-refractivity contribution in [2.75, 3.05) is 13.1 Å². The highest BCUT2D eigenvalue weighted by atomic mass is 16.7. The highest BCUT2D eigenvalue weighted by molar-refractivity contribution is 5.73. The van der Waals surface area contributed by atoms with E-state index in [2.05, 4.69) is 0 Å². The van der Waals surface area contributed by atoms with Crippen LogP contribution < -0.4 is 0 Å². The molecule has 0 radical (unpaired) electrons. The molecule has 1 aromatic carbocycles. The summed E-state index contributed by atoms with van der Waals surface area (Å²) in [5, 5.41) is 11.3. The van der Waals surface area contributed by atoms with Crippen molar-refractivity contribution in [3.63, 3.8) is 0 Å². The molecule has 156 valence electrons. The standard InChI is InChI=1S/C21H32N2O5/c1-6-17-13-22(19(26)28-20(2,3)4)21(5,12-18(24)25)15-23(17)27-14-16-10-8-7-9-11-16/h7-11,17H,6,12-15H2,1-5H3,(H,24,25)/t17-,21+/m0/s1. The van der Waals surface area contributed by atoms with Gasteiger partial charge in [0.15, 0.2) is 0 Å². The van der Waals surface area contributed by atoms with Crippen molar-refractivity contribution >= 4 is 12.1 Å². The lowest BCUT2D eigenvalue weighted by molar-refractivity contribution is -0.237. The molecule has 1 aliphatic heterocycles. The van der Waals surface area contributed by atoms with Crippen LogP contribution in [0.15, 0.2) is 30.3 Å². The van der Waals surface area contributed by atoms with Gasteiger partial charge in [-0.05, 0) is 39.7 Å². The maximum Gasteiger partial charge on any atom is 0.410 e. The molecule has 7 heteroatoms. The number of carboxylic acid groups (broad SMARTS) is 1. The Bertz CT molecular complexity index is 673. The van der Waals surface area contributed by atoms with E-state index >= 15 is 0 Å². The minimum Gasteiger partial charge on any atom is -0.481 e. The number of piperazine rings is 1. The summed E-state index contributed by atoms with van der Waals surface area (Å²) in [7, 11) is 0. The zero-order chi connectivity index (χ0) is 20.9. The van der Waals surface area contributed by atoms with Gasteiger partial charge in [-0.1, -0.05) is 37.3 Å². The number of ether oxygens (including phenoxy) is 1. The summed E-state index contributed by atoms with van der Waals surface area (Å²) in [6, 6.07) is 9.76. The summed E-state index contributed by atoms with van der Waals surface area (Å²) in [4.78, 5) is 31.9. The van der Waals surface area contributed by atoms with Gasteiger partial charge >= 0.3 is 12.1 Å². The van der Waals surface area contributed by atoms with Gasteiger partial charge in [0.25, 0.3) is 0 Å². The fourth-order valence-corrected chi connectivity index (χ4v) is 3.38. The van der Waals surface area contributed by atoms with E-state index in [-0.39, 0.29) is 12.5 Å². The predicted molar refractivity (Wildman–Crippen MR) is 106 cm³/mol. The van der Waals surface area contributed by atoms with E-state index in [0.717, 1.165) is 12.0 Å². The van der Waals surface area contributed by atoms with Gasteiger partial charge in [-0.15, -0.1) is 0 Å². The fraction of sp³-hybridized carbons (Fsp3) is 0.619. The summed E-state index contributed by atoms with van der Waals surface area (Å²) in [5.41, 5.74) is -0.549. The van der Waals surface area contributed by atoms with Crippen molar-refractivity contribution in [1.29, 1.82) is 0 Å². The van der Waals surface area contributed by atoms with E-state index in [1.165, 1.54) is 0 Å². The second-order valence-corrected chi connectivity index (χ2v) is 8.55. The molecule has 0 aromatic heterocycles. The van der Waals surface area contributed by atoms with E-state index in [4.69, 9.17) is 9.57 Å². The summed E-state index contributed by atoms with van der Waals surface area (Å²) < 4.78 is 5.55. The molecule has 0 unspecified atom stereocenters. The molecule has 2 atom stereocenters. The lowest BCUT2D eigenvalue weighted by Gasteiger charge is -2.50. The maximum absolute atomic E-state index is 12.8. The fourth-order valence-electron chi connectivity index (χ4n) is 3.38. The molecular weight excluding hydrogens is 360 g/mol. The molecule has 0 bridgehead atoms. The highest BCUT2D eigenvalue weighted by Crippen LogP contribution is 2.31. The van der Waals surface area contributed by atoms with Crippen LogP contribution >= 0.6 is 0 Å². The van der Waals surface area contributed by atoms with Crippen LogP contribution in [-0.4, -0.2) is 57.4 Å². The molecule has 1 saturated heterocycles. The number of carbonyl (C=O) groups is 2.